The third-order valence-corrected chi connectivity index (χ3v) is 4.59. The average molecular weight is 413 g/mol. The number of amides is 1. The summed E-state index contributed by atoms with van der Waals surface area (Å²) in [6, 6.07) is 20.5. The zero-order chi connectivity index (χ0) is 21.6. The third-order valence-electron chi connectivity index (χ3n) is 4.59. The van der Waals surface area contributed by atoms with Crippen molar-refractivity contribution in [3.05, 3.63) is 72.0 Å². The Labute approximate surface area is 178 Å². The fourth-order valence-corrected chi connectivity index (χ4v) is 3.23. The lowest BCUT2D eigenvalue weighted by Gasteiger charge is -2.10. The summed E-state index contributed by atoms with van der Waals surface area (Å²) in [5, 5.41) is 15.7. The summed E-state index contributed by atoms with van der Waals surface area (Å²) in [5.74, 6) is 0.700. The van der Waals surface area contributed by atoms with Crippen LogP contribution in [0.5, 0.6) is 11.5 Å². The van der Waals surface area contributed by atoms with E-state index >= 15 is 0 Å². The smallest absolute Gasteiger partial charge is 0.307 e. The SMILES string of the molecule is CCOc1cc(/C=N\NC(=O)c2cc3c(ccc4ccccc43)o2)ccc1OCC#N. The van der Waals surface area contributed by atoms with Crippen molar-refractivity contribution >= 4 is 33.9 Å². The summed E-state index contributed by atoms with van der Waals surface area (Å²) in [4.78, 5) is 12.5. The molecule has 0 fully saturated rings. The van der Waals surface area contributed by atoms with Crippen molar-refractivity contribution in [2.24, 2.45) is 5.10 Å². The van der Waals surface area contributed by atoms with Crippen LogP contribution in [0.2, 0.25) is 0 Å². The third kappa shape index (κ3) is 4.33. The molecule has 4 rings (SSSR count). The zero-order valence-corrected chi connectivity index (χ0v) is 16.8. The fourth-order valence-electron chi connectivity index (χ4n) is 3.23. The number of benzene rings is 3. The number of nitrogens with zero attached hydrogens (tertiary/aromatic N) is 2. The molecule has 0 radical (unpaired) electrons. The topological polar surface area (TPSA) is 96.8 Å². The van der Waals surface area contributed by atoms with E-state index in [1.165, 1.54) is 6.21 Å². The van der Waals surface area contributed by atoms with E-state index in [1.807, 2.05) is 49.4 Å². The molecule has 0 aliphatic heterocycles. The van der Waals surface area contributed by atoms with Gasteiger partial charge in [-0.3, -0.25) is 4.79 Å². The van der Waals surface area contributed by atoms with Crippen LogP contribution >= 0.6 is 0 Å². The maximum absolute atomic E-state index is 12.5. The number of fused-ring (bicyclic) bond motifs is 3. The van der Waals surface area contributed by atoms with Gasteiger partial charge in [0.15, 0.2) is 23.9 Å². The first-order valence-corrected chi connectivity index (χ1v) is 9.71. The molecule has 0 unspecified atom stereocenters. The molecule has 0 atom stereocenters. The van der Waals surface area contributed by atoms with E-state index in [9.17, 15) is 4.79 Å². The fraction of sp³-hybridized carbons (Fsp3) is 0.125. The molecule has 1 aromatic heterocycles. The normalized spacial score (nSPS) is 11.0. The van der Waals surface area contributed by atoms with Gasteiger partial charge in [0.2, 0.25) is 0 Å². The van der Waals surface area contributed by atoms with Gasteiger partial charge in [0.05, 0.1) is 12.8 Å². The predicted octanol–water partition coefficient (Wildman–Crippen LogP) is 4.65. The summed E-state index contributed by atoms with van der Waals surface area (Å²) in [5.41, 5.74) is 3.82. The number of carbonyl (C=O) groups excluding carboxylic acids is 1. The van der Waals surface area contributed by atoms with Gasteiger partial charge in [-0.15, -0.1) is 0 Å². The molecule has 1 heterocycles. The number of nitriles is 1. The minimum atomic E-state index is -0.449. The van der Waals surface area contributed by atoms with Crippen LogP contribution in [0.1, 0.15) is 23.0 Å². The minimum absolute atomic E-state index is 0.0731. The summed E-state index contributed by atoms with van der Waals surface area (Å²) in [7, 11) is 0. The molecule has 7 nitrogen and oxygen atoms in total. The monoisotopic (exact) mass is 413 g/mol. The van der Waals surface area contributed by atoms with Gasteiger partial charge in [-0.05, 0) is 53.6 Å². The lowest BCUT2D eigenvalue weighted by atomic mass is 10.1. The average Bonchev–Trinajstić information content (AvgIpc) is 3.24. The van der Waals surface area contributed by atoms with Crippen LogP contribution in [0.3, 0.4) is 0 Å². The van der Waals surface area contributed by atoms with Crippen molar-refractivity contribution in [3.8, 4) is 17.6 Å². The number of nitrogens with one attached hydrogen (secondary N) is 1. The number of hydrazone groups is 1. The van der Waals surface area contributed by atoms with Crippen molar-refractivity contribution in [2.45, 2.75) is 6.92 Å². The molecule has 3 aromatic carbocycles. The molecular weight excluding hydrogens is 394 g/mol. The Morgan fingerprint density at radius 2 is 1.97 bits per heavy atom. The summed E-state index contributed by atoms with van der Waals surface area (Å²) >= 11 is 0. The van der Waals surface area contributed by atoms with Crippen LogP contribution in [-0.4, -0.2) is 25.3 Å². The zero-order valence-electron chi connectivity index (χ0n) is 16.8. The van der Waals surface area contributed by atoms with E-state index < -0.39 is 5.91 Å². The van der Waals surface area contributed by atoms with E-state index in [0.29, 0.717) is 29.3 Å². The molecule has 0 bridgehead atoms. The van der Waals surface area contributed by atoms with Crippen LogP contribution in [-0.2, 0) is 0 Å². The molecule has 31 heavy (non-hydrogen) atoms. The van der Waals surface area contributed by atoms with Gasteiger partial charge in [0.25, 0.3) is 0 Å². The highest BCUT2D eigenvalue weighted by atomic mass is 16.5. The number of hydrogen-bond donors (Lipinski definition) is 1. The molecule has 7 heteroatoms. The van der Waals surface area contributed by atoms with Crippen molar-refractivity contribution < 1.29 is 18.7 Å². The van der Waals surface area contributed by atoms with Crippen molar-refractivity contribution in [1.29, 1.82) is 5.26 Å². The molecule has 0 saturated carbocycles. The Hall–Kier alpha value is -4.31. The Morgan fingerprint density at radius 1 is 1.10 bits per heavy atom. The van der Waals surface area contributed by atoms with Crippen molar-refractivity contribution in [1.82, 2.24) is 5.43 Å². The molecular formula is C24H19N3O4. The number of ether oxygens (including phenoxy) is 2. The van der Waals surface area contributed by atoms with E-state index in [4.69, 9.17) is 19.2 Å². The number of rotatable bonds is 7. The second-order valence-electron chi connectivity index (χ2n) is 6.59. The molecule has 154 valence electrons. The Morgan fingerprint density at radius 3 is 2.81 bits per heavy atom. The van der Waals surface area contributed by atoms with Crippen LogP contribution in [0.25, 0.3) is 21.7 Å². The van der Waals surface area contributed by atoms with Gasteiger partial charge in [-0.2, -0.15) is 10.4 Å². The van der Waals surface area contributed by atoms with Crippen LogP contribution in [0.15, 0.2) is 70.2 Å². The first-order chi connectivity index (χ1) is 15.2. The molecule has 0 saturated heterocycles. The van der Waals surface area contributed by atoms with Crippen molar-refractivity contribution in [2.75, 3.05) is 13.2 Å². The lowest BCUT2D eigenvalue weighted by Crippen LogP contribution is -2.16. The highest BCUT2D eigenvalue weighted by Gasteiger charge is 2.13. The summed E-state index contributed by atoms with van der Waals surface area (Å²) in [6.45, 7) is 2.23. The highest BCUT2D eigenvalue weighted by Crippen LogP contribution is 2.29. The lowest BCUT2D eigenvalue weighted by molar-refractivity contribution is 0.0929. The molecule has 0 aliphatic carbocycles. The number of hydrogen-bond acceptors (Lipinski definition) is 6. The van der Waals surface area contributed by atoms with Crippen LogP contribution < -0.4 is 14.9 Å². The van der Waals surface area contributed by atoms with Gasteiger partial charge in [0, 0.05) is 5.39 Å². The van der Waals surface area contributed by atoms with Crippen LogP contribution in [0, 0.1) is 11.3 Å². The van der Waals surface area contributed by atoms with Gasteiger partial charge in [-0.25, -0.2) is 5.43 Å². The van der Waals surface area contributed by atoms with Crippen LogP contribution in [0.4, 0.5) is 0 Å². The van der Waals surface area contributed by atoms with Gasteiger partial charge in [0.1, 0.15) is 11.7 Å². The molecule has 1 amide bonds. The first kappa shape index (κ1) is 20.0. The summed E-state index contributed by atoms with van der Waals surface area (Å²) in [6.07, 6.45) is 1.49. The Kier molecular flexibility index (Phi) is 5.81. The maximum atomic E-state index is 12.5. The van der Waals surface area contributed by atoms with Gasteiger partial charge < -0.3 is 13.9 Å². The highest BCUT2D eigenvalue weighted by molar-refractivity contribution is 6.08. The molecule has 4 aromatic rings. The predicted molar refractivity (Wildman–Crippen MR) is 117 cm³/mol. The second kappa shape index (κ2) is 9.01. The van der Waals surface area contributed by atoms with E-state index in [0.717, 1.165) is 16.2 Å². The minimum Gasteiger partial charge on any atom is -0.490 e. The van der Waals surface area contributed by atoms with Gasteiger partial charge >= 0.3 is 5.91 Å². The maximum Gasteiger partial charge on any atom is 0.307 e. The number of furan rings is 1. The Bertz CT molecular complexity index is 1320. The Balaban J connectivity index is 1.50. The van der Waals surface area contributed by atoms with E-state index in [-0.39, 0.29) is 12.4 Å². The molecule has 0 aliphatic rings. The molecule has 1 N–H and O–H groups in total. The second-order valence-corrected chi connectivity index (χ2v) is 6.59. The number of carbonyl (C=O) groups is 1. The van der Waals surface area contributed by atoms with E-state index in [1.54, 1.807) is 24.3 Å². The summed E-state index contributed by atoms with van der Waals surface area (Å²) < 4.78 is 16.6. The van der Waals surface area contributed by atoms with Crippen molar-refractivity contribution in [3.63, 3.8) is 0 Å². The first-order valence-electron chi connectivity index (χ1n) is 9.71. The standard InChI is InChI=1S/C24H19N3O4/c1-2-29-22-13-16(7-9-21(22)30-12-11-25)15-26-27-24(28)23-14-19-18-6-4-3-5-17(18)8-10-20(19)31-23/h3-10,13-15H,2,12H2,1H3,(H,27,28)/b26-15-. The van der Waals surface area contributed by atoms with Gasteiger partial charge in [-0.1, -0.05) is 30.3 Å². The quantitative estimate of drug-likeness (QED) is 0.351. The largest absolute Gasteiger partial charge is 0.490 e. The molecule has 0 spiro atoms. The van der Waals surface area contributed by atoms with E-state index in [2.05, 4.69) is 10.5 Å².